The number of carbonyl (C=O) groups is 2. The van der Waals surface area contributed by atoms with Crippen LogP contribution in [0.15, 0.2) is 42.5 Å². The third-order valence-electron chi connectivity index (χ3n) is 4.79. The number of benzene rings is 2. The number of nitro benzene ring substituents is 2. The average molecular weight is 414 g/mol. The smallest absolute Gasteiger partial charge is 0.338 e. The number of piperazine rings is 1. The molecule has 1 aliphatic rings. The SMILES string of the molecule is COC(=O)c1cc(C(=O)N2CCN(c3ccc([N+](=O)[O-])cc3)CC2)cc([N+](=O)[O-])c1. The number of carbonyl (C=O) groups excluding carboxylic acids is 2. The van der Waals surface area contributed by atoms with Crippen LogP contribution in [0.2, 0.25) is 0 Å². The molecule has 11 heteroatoms. The van der Waals surface area contributed by atoms with Gasteiger partial charge in [-0.15, -0.1) is 0 Å². The number of nitrogens with zero attached hydrogens (tertiary/aromatic N) is 4. The van der Waals surface area contributed by atoms with Crippen LogP contribution in [0.5, 0.6) is 0 Å². The fraction of sp³-hybridized carbons (Fsp3) is 0.263. The van der Waals surface area contributed by atoms with E-state index in [0.29, 0.717) is 26.2 Å². The zero-order valence-corrected chi connectivity index (χ0v) is 16.0. The molecule has 0 aromatic heterocycles. The van der Waals surface area contributed by atoms with Gasteiger partial charge in [-0.25, -0.2) is 4.79 Å². The van der Waals surface area contributed by atoms with Gasteiger partial charge in [-0.1, -0.05) is 0 Å². The van der Waals surface area contributed by atoms with Crippen LogP contribution in [0.25, 0.3) is 0 Å². The molecule has 0 saturated carbocycles. The number of anilines is 1. The van der Waals surface area contributed by atoms with Crippen molar-refractivity contribution in [3.8, 4) is 0 Å². The van der Waals surface area contributed by atoms with Crippen LogP contribution in [0.3, 0.4) is 0 Å². The van der Waals surface area contributed by atoms with Gasteiger partial charge in [0.25, 0.3) is 17.3 Å². The van der Waals surface area contributed by atoms with E-state index >= 15 is 0 Å². The molecular weight excluding hydrogens is 396 g/mol. The van der Waals surface area contributed by atoms with Crippen LogP contribution in [0, 0.1) is 20.2 Å². The van der Waals surface area contributed by atoms with Crippen LogP contribution >= 0.6 is 0 Å². The second-order valence-electron chi connectivity index (χ2n) is 6.57. The number of non-ortho nitro benzene ring substituents is 2. The maximum absolute atomic E-state index is 12.9. The van der Waals surface area contributed by atoms with Gasteiger partial charge in [0, 0.05) is 61.7 Å². The largest absolute Gasteiger partial charge is 0.465 e. The summed E-state index contributed by atoms with van der Waals surface area (Å²) in [6, 6.07) is 9.63. The molecule has 1 saturated heterocycles. The Morgan fingerprint density at radius 3 is 1.97 bits per heavy atom. The summed E-state index contributed by atoms with van der Waals surface area (Å²) in [5.41, 5.74) is 0.398. The van der Waals surface area contributed by atoms with E-state index in [-0.39, 0.29) is 22.5 Å². The number of hydrogen-bond donors (Lipinski definition) is 0. The molecule has 0 bridgehead atoms. The molecule has 1 aliphatic heterocycles. The standard InChI is InChI=1S/C19H18N4O7/c1-30-19(25)14-10-13(11-17(12-14)23(28)29)18(24)21-8-6-20(7-9-21)15-2-4-16(5-3-15)22(26)27/h2-5,10-12H,6-9H2,1H3. The van der Waals surface area contributed by atoms with E-state index in [2.05, 4.69) is 4.74 Å². The van der Waals surface area contributed by atoms with E-state index in [4.69, 9.17) is 0 Å². The molecule has 0 atom stereocenters. The molecule has 0 N–H and O–H groups in total. The molecule has 1 amide bonds. The first kappa shape index (κ1) is 20.7. The lowest BCUT2D eigenvalue weighted by molar-refractivity contribution is -0.385. The Kier molecular flexibility index (Phi) is 5.90. The number of rotatable bonds is 5. The summed E-state index contributed by atoms with van der Waals surface area (Å²) in [5, 5.41) is 21.9. The van der Waals surface area contributed by atoms with Crippen LogP contribution < -0.4 is 4.90 Å². The zero-order chi connectivity index (χ0) is 21.8. The lowest BCUT2D eigenvalue weighted by atomic mass is 10.1. The van der Waals surface area contributed by atoms with Crippen molar-refractivity contribution in [2.24, 2.45) is 0 Å². The summed E-state index contributed by atoms with van der Waals surface area (Å²) in [5.74, 6) is -1.19. The lowest BCUT2D eigenvalue weighted by Gasteiger charge is -2.36. The fourth-order valence-electron chi connectivity index (χ4n) is 3.21. The molecule has 3 rings (SSSR count). The van der Waals surface area contributed by atoms with Gasteiger partial charge in [-0.2, -0.15) is 0 Å². The third-order valence-corrected chi connectivity index (χ3v) is 4.79. The van der Waals surface area contributed by atoms with Crippen molar-refractivity contribution in [1.82, 2.24) is 4.90 Å². The van der Waals surface area contributed by atoms with Gasteiger partial charge in [-0.05, 0) is 18.2 Å². The maximum Gasteiger partial charge on any atom is 0.338 e. The topological polar surface area (TPSA) is 136 Å². The van der Waals surface area contributed by atoms with Crippen LogP contribution in [-0.4, -0.2) is 59.9 Å². The molecule has 30 heavy (non-hydrogen) atoms. The summed E-state index contributed by atoms with van der Waals surface area (Å²) in [4.78, 5) is 49.0. The van der Waals surface area contributed by atoms with Crippen molar-refractivity contribution >= 4 is 28.9 Å². The summed E-state index contributed by atoms with van der Waals surface area (Å²) in [7, 11) is 1.15. The van der Waals surface area contributed by atoms with Gasteiger partial charge in [0.2, 0.25) is 0 Å². The van der Waals surface area contributed by atoms with E-state index in [1.807, 2.05) is 4.90 Å². The molecule has 2 aromatic rings. The van der Waals surface area contributed by atoms with Crippen LogP contribution in [0.1, 0.15) is 20.7 Å². The van der Waals surface area contributed by atoms with E-state index in [0.717, 1.165) is 24.9 Å². The van der Waals surface area contributed by atoms with E-state index in [9.17, 15) is 29.8 Å². The third kappa shape index (κ3) is 4.35. The Morgan fingerprint density at radius 2 is 1.43 bits per heavy atom. The Labute approximate surface area is 170 Å². The van der Waals surface area contributed by atoms with Gasteiger partial charge in [0.1, 0.15) is 0 Å². The highest BCUT2D eigenvalue weighted by Gasteiger charge is 2.25. The number of ether oxygens (including phenoxy) is 1. The molecule has 0 unspecified atom stereocenters. The molecule has 0 aliphatic carbocycles. The molecule has 0 spiro atoms. The fourth-order valence-corrected chi connectivity index (χ4v) is 3.21. The highest BCUT2D eigenvalue weighted by molar-refractivity contribution is 5.99. The van der Waals surface area contributed by atoms with E-state index in [1.54, 1.807) is 17.0 Å². The molecule has 0 radical (unpaired) electrons. The molecular formula is C19H18N4O7. The molecule has 2 aromatic carbocycles. The van der Waals surface area contributed by atoms with Gasteiger partial charge in [0.15, 0.2) is 0 Å². The quantitative estimate of drug-likeness (QED) is 0.413. The summed E-state index contributed by atoms with van der Waals surface area (Å²) < 4.78 is 4.60. The van der Waals surface area contributed by atoms with Crippen molar-refractivity contribution in [2.75, 3.05) is 38.2 Å². The first-order chi connectivity index (χ1) is 14.3. The molecule has 1 heterocycles. The van der Waals surface area contributed by atoms with Crippen molar-refractivity contribution < 1.29 is 24.2 Å². The first-order valence-electron chi connectivity index (χ1n) is 8.96. The minimum absolute atomic E-state index is 0.000328. The second kappa shape index (κ2) is 8.55. The normalized spacial score (nSPS) is 13.6. The van der Waals surface area contributed by atoms with Gasteiger partial charge >= 0.3 is 5.97 Å². The molecule has 1 fully saturated rings. The number of esters is 1. The number of hydrogen-bond acceptors (Lipinski definition) is 8. The molecule has 11 nitrogen and oxygen atoms in total. The van der Waals surface area contributed by atoms with Crippen molar-refractivity contribution in [3.05, 3.63) is 73.8 Å². The van der Waals surface area contributed by atoms with Crippen molar-refractivity contribution in [1.29, 1.82) is 0 Å². The zero-order valence-electron chi connectivity index (χ0n) is 16.0. The highest BCUT2D eigenvalue weighted by atomic mass is 16.6. The monoisotopic (exact) mass is 414 g/mol. The number of amides is 1. The predicted octanol–water partition coefficient (Wildman–Crippen LogP) is 2.25. The summed E-state index contributed by atoms with van der Waals surface area (Å²) in [6.45, 7) is 1.68. The number of methoxy groups -OCH3 is 1. The number of nitro groups is 2. The highest BCUT2D eigenvalue weighted by Crippen LogP contribution is 2.23. The average Bonchev–Trinajstić information content (AvgIpc) is 2.77. The van der Waals surface area contributed by atoms with E-state index in [1.165, 1.54) is 18.2 Å². The Hall–Kier alpha value is -4.02. The van der Waals surface area contributed by atoms with Crippen LogP contribution in [0.4, 0.5) is 17.1 Å². The minimum Gasteiger partial charge on any atom is -0.465 e. The van der Waals surface area contributed by atoms with E-state index < -0.39 is 21.7 Å². The first-order valence-corrected chi connectivity index (χ1v) is 8.96. The Bertz CT molecular complexity index is 998. The van der Waals surface area contributed by atoms with Crippen molar-refractivity contribution in [2.45, 2.75) is 0 Å². The lowest BCUT2D eigenvalue weighted by Crippen LogP contribution is -2.48. The van der Waals surface area contributed by atoms with Crippen LogP contribution in [-0.2, 0) is 4.74 Å². The predicted molar refractivity (Wildman–Crippen MR) is 106 cm³/mol. The second-order valence-corrected chi connectivity index (χ2v) is 6.57. The summed E-state index contributed by atoms with van der Waals surface area (Å²) in [6.07, 6.45) is 0. The Morgan fingerprint density at radius 1 is 0.867 bits per heavy atom. The Balaban J connectivity index is 1.73. The van der Waals surface area contributed by atoms with Gasteiger partial charge in [-0.3, -0.25) is 25.0 Å². The minimum atomic E-state index is -0.768. The maximum atomic E-state index is 12.9. The van der Waals surface area contributed by atoms with Gasteiger partial charge < -0.3 is 14.5 Å². The molecule has 156 valence electrons. The summed E-state index contributed by atoms with van der Waals surface area (Å²) >= 11 is 0. The van der Waals surface area contributed by atoms with Gasteiger partial charge in [0.05, 0.1) is 22.5 Å². The van der Waals surface area contributed by atoms with Crippen molar-refractivity contribution in [3.63, 3.8) is 0 Å².